The third kappa shape index (κ3) is 80.7. The number of hydrogen-bond acceptors (Lipinski definition) is 15. The van der Waals surface area contributed by atoms with Crippen molar-refractivity contribution in [2.45, 2.75) is 354 Å². The molecule has 0 aliphatic carbocycles. The minimum Gasteiger partial charge on any atom is -0.462 e. The molecule has 0 rings (SSSR count). The number of aliphatic hydroxyl groups is 1. The number of aliphatic hydroxyl groups excluding tert-OH is 1. The molecule has 0 aliphatic heterocycles. The first-order valence-corrected chi connectivity index (χ1v) is 45.7. The van der Waals surface area contributed by atoms with E-state index in [9.17, 15) is 43.2 Å². The second-order valence-electron chi connectivity index (χ2n) is 28.0. The van der Waals surface area contributed by atoms with E-state index in [0.717, 1.165) is 218 Å². The fraction of sp³-hybridized carbons (Fsp3) is 0.670. The molecule has 5 unspecified atom stereocenters. The zero-order valence-corrected chi connectivity index (χ0v) is 70.7. The molecule has 0 aliphatic rings. The molecule has 0 amide bonds. The molecule has 0 saturated heterocycles. The van der Waals surface area contributed by atoms with Crippen LogP contribution in [0.1, 0.15) is 336 Å². The SMILES string of the molecule is CC/C=C\C/C=C\C/C=C\C/C=C\CCCCCCC(=O)OCC(COP(=O)(O)OCC(O)COP(=O)(O)OCC(COC(=O)CCCCCCCC/C=C\C/C=C\C/C=C\CCCCC)OC(=O)CCCCCCCC/C=C\C/C=C\C/C=C\CCCCC)OC(=O)CCCCCCC/C=C\C/C=C\C/C=C\CC. The summed E-state index contributed by atoms with van der Waals surface area (Å²) in [7, 11) is -10.00. The summed E-state index contributed by atoms with van der Waals surface area (Å²) in [5.74, 6) is -2.25. The summed E-state index contributed by atoms with van der Waals surface area (Å²) >= 11 is 0. The Balaban J connectivity index is 5.45. The summed E-state index contributed by atoms with van der Waals surface area (Å²) in [5.41, 5.74) is 0. The number of phosphoric ester groups is 2. The second kappa shape index (κ2) is 81.7. The number of carbonyl (C=O) groups is 4. The molecule has 0 spiro atoms. The molecule has 0 aromatic rings. The first kappa shape index (κ1) is 105. The van der Waals surface area contributed by atoms with E-state index in [-0.39, 0.29) is 25.7 Å². The fourth-order valence-electron chi connectivity index (χ4n) is 11.0. The highest BCUT2D eigenvalue weighted by Crippen LogP contribution is 2.45. The van der Waals surface area contributed by atoms with Crippen molar-refractivity contribution in [3.8, 4) is 0 Å². The van der Waals surface area contributed by atoms with Gasteiger partial charge < -0.3 is 33.8 Å². The van der Waals surface area contributed by atoms with Crippen LogP contribution < -0.4 is 0 Å². The predicted molar refractivity (Wildman–Crippen MR) is 454 cm³/mol. The Morgan fingerprint density at radius 1 is 0.264 bits per heavy atom. The zero-order chi connectivity index (χ0) is 80.3. The van der Waals surface area contributed by atoms with Gasteiger partial charge in [-0.1, -0.05) is 295 Å². The molecule has 0 heterocycles. The van der Waals surface area contributed by atoms with Gasteiger partial charge in [0.2, 0.25) is 0 Å². The van der Waals surface area contributed by atoms with Crippen molar-refractivity contribution in [2.24, 2.45) is 0 Å². The second-order valence-corrected chi connectivity index (χ2v) is 30.9. The zero-order valence-electron chi connectivity index (χ0n) is 68.9. The Hall–Kier alpha value is -5.32. The average molecular weight is 1580 g/mol. The number of phosphoric acid groups is 2. The van der Waals surface area contributed by atoms with Crippen molar-refractivity contribution in [1.82, 2.24) is 0 Å². The third-order valence-corrected chi connectivity index (χ3v) is 19.4. The monoisotopic (exact) mass is 1580 g/mol. The number of hydrogen-bond donors (Lipinski definition) is 3. The van der Waals surface area contributed by atoms with Crippen LogP contribution in [0.3, 0.4) is 0 Å². The fourth-order valence-corrected chi connectivity index (χ4v) is 12.6. The van der Waals surface area contributed by atoms with Gasteiger partial charge in [0.1, 0.15) is 19.3 Å². The van der Waals surface area contributed by atoms with Gasteiger partial charge in [0.15, 0.2) is 12.2 Å². The summed E-state index contributed by atoms with van der Waals surface area (Å²) in [6.07, 6.45) is 96.2. The standard InChI is InChI=1S/C91H152O17P2/c1-5-9-13-17-21-25-29-33-37-40-42-45-49-52-56-60-64-68-72-76-89(94)102-82-87(108-91(96)78-74-70-66-62-58-54-50-46-43-41-38-34-30-26-22-18-14-10-6-2)84-106-110(99,100)104-80-85(92)79-103-109(97,98)105-83-86(107-90(95)77-73-69-65-61-57-53-47-36-32-28-24-20-16-12-8-4)81-101-88(93)75-71-67-63-59-55-51-48-44-39-35-31-27-23-19-15-11-7-3/h11-12,15-16,21-28,33-39,42-43,45-48,51,85-87,92H,5-10,13-14,17-20,29-32,40-41,44,49-50,52-84H2,1-4H3,(H,97,98)(H,99,100)/b15-11-,16-12-,25-21-,26-22-,27-23-,28-24-,37-33-,38-34-,39-35-,45-42-,46-43-,47-36-,51-48-. The minimum absolute atomic E-state index is 0.0646. The van der Waals surface area contributed by atoms with E-state index < -0.39 is 97.5 Å². The lowest BCUT2D eigenvalue weighted by Crippen LogP contribution is -2.30. The molecule has 110 heavy (non-hydrogen) atoms. The maximum atomic E-state index is 13.2. The van der Waals surface area contributed by atoms with Crippen LogP contribution in [0.5, 0.6) is 0 Å². The van der Waals surface area contributed by atoms with Crippen LogP contribution >= 0.6 is 15.6 Å². The van der Waals surface area contributed by atoms with Crippen molar-refractivity contribution in [2.75, 3.05) is 39.6 Å². The van der Waals surface area contributed by atoms with E-state index in [0.29, 0.717) is 25.7 Å². The van der Waals surface area contributed by atoms with Crippen LogP contribution in [-0.2, 0) is 65.4 Å². The van der Waals surface area contributed by atoms with Gasteiger partial charge in [0.25, 0.3) is 0 Å². The molecule has 0 saturated carbocycles. The highest BCUT2D eigenvalue weighted by molar-refractivity contribution is 7.47. The molecular weight excluding hydrogens is 1430 g/mol. The molecular formula is C91H152O17P2. The van der Waals surface area contributed by atoms with Gasteiger partial charge in [-0.05, 0) is 173 Å². The van der Waals surface area contributed by atoms with E-state index in [1.807, 2.05) is 0 Å². The van der Waals surface area contributed by atoms with Crippen molar-refractivity contribution in [1.29, 1.82) is 0 Å². The van der Waals surface area contributed by atoms with Crippen molar-refractivity contribution in [3.05, 3.63) is 158 Å². The summed E-state index contributed by atoms with van der Waals surface area (Å²) in [5, 5.41) is 10.7. The molecule has 0 aromatic carbocycles. The van der Waals surface area contributed by atoms with Crippen LogP contribution in [0.15, 0.2) is 158 Å². The van der Waals surface area contributed by atoms with Gasteiger partial charge in [-0.3, -0.25) is 37.3 Å². The minimum atomic E-state index is -5.00. The Kier molecular flexibility index (Phi) is 77.7. The number of unbranched alkanes of at least 4 members (excludes halogenated alkanes) is 27. The van der Waals surface area contributed by atoms with E-state index >= 15 is 0 Å². The molecule has 5 atom stereocenters. The predicted octanol–water partition coefficient (Wildman–Crippen LogP) is 25.6. The number of ether oxygens (including phenoxy) is 4. The van der Waals surface area contributed by atoms with Crippen LogP contribution in [-0.4, -0.2) is 96.7 Å². The van der Waals surface area contributed by atoms with Crippen molar-refractivity contribution < 1.29 is 80.2 Å². The van der Waals surface area contributed by atoms with Gasteiger partial charge in [0, 0.05) is 25.7 Å². The normalized spacial score (nSPS) is 14.6. The molecule has 19 heteroatoms. The quantitative estimate of drug-likeness (QED) is 0.0169. The largest absolute Gasteiger partial charge is 0.472 e. The number of allylic oxidation sites excluding steroid dienone is 26. The molecule has 0 aromatic heterocycles. The molecule has 3 N–H and O–H groups in total. The first-order valence-electron chi connectivity index (χ1n) is 42.7. The lowest BCUT2D eigenvalue weighted by molar-refractivity contribution is -0.161. The molecule has 0 radical (unpaired) electrons. The van der Waals surface area contributed by atoms with E-state index in [2.05, 4.69) is 186 Å². The summed E-state index contributed by atoms with van der Waals surface area (Å²) in [6, 6.07) is 0. The van der Waals surface area contributed by atoms with E-state index in [1.165, 1.54) is 38.5 Å². The van der Waals surface area contributed by atoms with Gasteiger partial charge in [-0.15, -0.1) is 0 Å². The van der Waals surface area contributed by atoms with Crippen LogP contribution in [0.25, 0.3) is 0 Å². The van der Waals surface area contributed by atoms with Gasteiger partial charge >= 0.3 is 39.5 Å². The lowest BCUT2D eigenvalue weighted by atomic mass is 10.1. The van der Waals surface area contributed by atoms with Crippen LogP contribution in [0, 0.1) is 0 Å². The Morgan fingerprint density at radius 2 is 0.473 bits per heavy atom. The Morgan fingerprint density at radius 3 is 0.727 bits per heavy atom. The van der Waals surface area contributed by atoms with Crippen LogP contribution in [0.2, 0.25) is 0 Å². The smallest absolute Gasteiger partial charge is 0.462 e. The third-order valence-electron chi connectivity index (χ3n) is 17.5. The molecule has 0 fully saturated rings. The maximum absolute atomic E-state index is 13.2. The topological polar surface area (TPSA) is 237 Å². The number of carbonyl (C=O) groups excluding carboxylic acids is 4. The number of rotatable bonds is 79. The first-order chi connectivity index (χ1) is 53.7. The maximum Gasteiger partial charge on any atom is 0.472 e. The molecule has 628 valence electrons. The summed E-state index contributed by atoms with van der Waals surface area (Å²) in [4.78, 5) is 73.3. The van der Waals surface area contributed by atoms with Gasteiger partial charge in [-0.25, -0.2) is 9.13 Å². The highest BCUT2D eigenvalue weighted by atomic mass is 31.2. The number of esters is 4. The van der Waals surface area contributed by atoms with E-state index in [4.69, 9.17) is 37.0 Å². The Bertz CT molecular complexity index is 2700. The molecule has 0 bridgehead atoms. The van der Waals surface area contributed by atoms with Gasteiger partial charge in [-0.2, -0.15) is 0 Å². The summed E-state index contributed by atoms with van der Waals surface area (Å²) < 4.78 is 68.8. The lowest BCUT2D eigenvalue weighted by Gasteiger charge is -2.21. The van der Waals surface area contributed by atoms with Crippen LogP contribution in [0.4, 0.5) is 0 Å². The average Bonchev–Trinajstić information content (AvgIpc) is 0.911. The Labute approximate surface area is 668 Å². The van der Waals surface area contributed by atoms with Gasteiger partial charge in [0.05, 0.1) is 26.4 Å². The molecule has 17 nitrogen and oxygen atoms in total. The summed E-state index contributed by atoms with van der Waals surface area (Å²) in [6.45, 7) is 4.54. The van der Waals surface area contributed by atoms with E-state index in [1.54, 1.807) is 0 Å². The van der Waals surface area contributed by atoms with Crippen molar-refractivity contribution in [3.63, 3.8) is 0 Å². The van der Waals surface area contributed by atoms with Crippen molar-refractivity contribution >= 4 is 39.5 Å². The highest BCUT2D eigenvalue weighted by Gasteiger charge is 2.30.